The van der Waals surface area contributed by atoms with E-state index >= 15 is 0 Å². The highest BCUT2D eigenvalue weighted by Crippen LogP contribution is 2.44. The van der Waals surface area contributed by atoms with Crippen molar-refractivity contribution in [2.75, 3.05) is 18.2 Å². The third-order valence-corrected chi connectivity index (χ3v) is 5.82. The standard InChI is InChI=1S/C20H17F2N3O2S/c1-11-18-19(15-8-3-12(21)9-16(15)22)28-10-17(26)23-20(18)25(24-11)13-4-6-14(27-2)7-5-13/h3-9,19H,10H2,1-2H3,(H,23,26)/t19-/m1/s1. The van der Waals surface area contributed by atoms with Crippen LogP contribution in [0.2, 0.25) is 0 Å². The fourth-order valence-corrected chi connectivity index (χ4v) is 4.46. The Balaban J connectivity index is 1.87. The zero-order valence-electron chi connectivity index (χ0n) is 15.2. The maximum Gasteiger partial charge on any atom is 0.235 e. The Kier molecular flexibility index (Phi) is 4.80. The Hall–Kier alpha value is -2.87. The molecule has 0 saturated carbocycles. The number of nitrogens with zero attached hydrogens (tertiary/aromatic N) is 2. The zero-order valence-corrected chi connectivity index (χ0v) is 16.0. The molecule has 28 heavy (non-hydrogen) atoms. The van der Waals surface area contributed by atoms with Gasteiger partial charge >= 0.3 is 0 Å². The summed E-state index contributed by atoms with van der Waals surface area (Å²) >= 11 is 1.29. The van der Waals surface area contributed by atoms with Gasteiger partial charge in [-0.05, 0) is 37.3 Å². The third-order valence-electron chi connectivity index (χ3n) is 4.57. The molecule has 0 radical (unpaired) electrons. The first-order valence-electron chi connectivity index (χ1n) is 8.58. The van der Waals surface area contributed by atoms with Gasteiger partial charge in [0, 0.05) is 17.2 Å². The smallest absolute Gasteiger partial charge is 0.235 e. The van der Waals surface area contributed by atoms with Crippen molar-refractivity contribution in [3.05, 3.63) is 70.9 Å². The summed E-state index contributed by atoms with van der Waals surface area (Å²) in [5.41, 5.74) is 2.42. The van der Waals surface area contributed by atoms with E-state index in [0.717, 1.165) is 11.8 Å². The van der Waals surface area contributed by atoms with Crippen LogP contribution in [0, 0.1) is 18.6 Å². The summed E-state index contributed by atoms with van der Waals surface area (Å²) in [5, 5.41) is 6.97. The minimum atomic E-state index is -0.644. The number of thioether (sulfide) groups is 1. The highest BCUT2D eigenvalue weighted by atomic mass is 32.2. The predicted molar refractivity (Wildman–Crippen MR) is 104 cm³/mol. The van der Waals surface area contributed by atoms with Crippen molar-refractivity contribution >= 4 is 23.5 Å². The number of halogens is 2. The van der Waals surface area contributed by atoms with Crippen LogP contribution in [0.1, 0.15) is 22.1 Å². The van der Waals surface area contributed by atoms with Gasteiger partial charge in [0.15, 0.2) is 0 Å². The molecular weight excluding hydrogens is 384 g/mol. The van der Waals surface area contributed by atoms with E-state index in [-0.39, 0.29) is 11.7 Å². The Morgan fingerprint density at radius 3 is 2.64 bits per heavy atom. The topological polar surface area (TPSA) is 56.1 Å². The van der Waals surface area contributed by atoms with Crippen molar-refractivity contribution in [3.8, 4) is 11.4 Å². The number of methoxy groups -OCH3 is 1. The minimum absolute atomic E-state index is 0.151. The van der Waals surface area contributed by atoms with Crippen LogP contribution in [0.5, 0.6) is 5.75 Å². The van der Waals surface area contributed by atoms with Crippen LogP contribution < -0.4 is 10.1 Å². The van der Waals surface area contributed by atoms with Crippen LogP contribution in [0.15, 0.2) is 42.5 Å². The molecule has 1 aromatic heterocycles. The molecule has 8 heteroatoms. The van der Waals surface area contributed by atoms with E-state index in [1.165, 1.54) is 23.9 Å². The lowest BCUT2D eigenvalue weighted by Gasteiger charge is -2.16. The summed E-state index contributed by atoms with van der Waals surface area (Å²) in [7, 11) is 1.58. The largest absolute Gasteiger partial charge is 0.497 e. The van der Waals surface area contributed by atoms with Gasteiger partial charge in [-0.2, -0.15) is 5.10 Å². The van der Waals surface area contributed by atoms with E-state index in [4.69, 9.17) is 4.74 Å². The lowest BCUT2D eigenvalue weighted by Crippen LogP contribution is -2.15. The van der Waals surface area contributed by atoms with Gasteiger partial charge in [0.05, 0.1) is 29.5 Å². The van der Waals surface area contributed by atoms with Gasteiger partial charge in [0.2, 0.25) is 5.91 Å². The number of hydrogen-bond acceptors (Lipinski definition) is 4. The third kappa shape index (κ3) is 3.24. The second kappa shape index (κ2) is 7.27. The molecule has 1 amide bonds. The summed E-state index contributed by atoms with van der Waals surface area (Å²) in [4.78, 5) is 12.3. The molecule has 144 valence electrons. The molecule has 1 aliphatic rings. The maximum absolute atomic E-state index is 14.5. The van der Waals surface area contributed by atoms with Crippen LogP contribution in [0.3, 0.4) is 0 Å². The molecule has 0 aliphatic carbocycles. The number of anilines is 1. The van der Waals surface area contributed by atoms with Crippen LogP contribution in [-0.2, 0) is 4.79 Å². The van der Waals surface area contributed by atoms with Crippen molar-refractivity contribution < 1.29 is 18.3 Å². The summed E-state index contributed by atoms with van der Waals surface area (Å²) in [6.45, 7) is 1.81. The van der Waals surface area contributed by atoms with Crippen molar-refractivity contribution in [2.45, 2.75) is 12.2 Å². The van der Waals surface area contributed by atoms with Gasteiger partial charge in [-0.1, -0.05) is 6.07 Å². The lowest BCUT2D eigenvalue weighted by molar-refractivity contribution is -0.113. The summed E-state index contributed by atoms with van der Waals surface area (Å²) < 4.78 is 34.7. The molecule has 0 fully saturated rings. The number of rotatable bonds is 3. The predicted octanol–water partition coefficient (Wildman–Crippen LogP) is 4.24. The fraction of sp³-hybridized carbons (Fsp3) is 0.200. The SMILES string of the molecule is COc1ccc(-n2nc(C)c3c2NC(=O)CS[C@@H]3c2ccc(F)cc2F)cc1. The average Bonchev–Trinajstić information content (AvgIpc) is 2.88. The van der Waals surface area contributed by atoms with Crippen molar-refractivity contribution in [1.29, 1.82) is 0 Å². The number of nitrogens with one attached hydrogen (secondary N) is 1. The summed E-state index contributed by atoms with van der Waals surface area (Å²) in [6, 6.07) is 10.7. The first-order chi connectivity index (χ1) is 13.5. The van der Waals surface area contributed by atoms with E-state index in [0.29, 0.717) is 28.4 Å². The average molecular weight is 401 g/mol. The second-order valence-corrected chi connectivity index (χ2v) is 7.46. The highest BCUT2D eigenvalue weighted by Gasteiger charge is 2.32. The summed E-state index contributed by atoms with van der Waals surface area (Å²) in [5.74, 6) is -0.144. The molecule has 5 nitrogen and oxygen atoms in total. The number of aromatic nitrogens is 2. The molecule has 0 bridgehead atoms. The highest BCUT2D eigenvalue weighted by molar-refractivity contribution is 8.00. The normalized spacial score (nSPS) is 16.3. The molecule has 3 aromatic rings. The molecule has 0 spiro atoms. The fourth-order valence-electron chi connectivity index (χ4n) is 3.25. The minimum Gasteiger partial charge on any atom is -0.497 e. The molecule has 1 atom stereocenters. The van der Waals surface area contributed by atoms with Gasteiger partial charge < -0.3 is 10.1 Å². The van der Waals surface area contributed by atoms with E-state index in [9.17, 15) is 13.6 Å². The lowest BCUT2D eigenvalue weighted by atomic mass is 10.0. The Bertz CT molecular complexity index is 1050. The van der Waals surface area contributed by atoms with E-state index in [2.05, 4.69) is 10.4 Å². The van der Waals surface area contributed by atoms with Crippen molar-refractivity contribution in [1.82, 2.24) is 9.78 Å². The first kappa shape index (κ1) is 18.5. The van der Waals surface area contributed by atoms with Gasteiger partial charge in [-0.25, -0.2) is 13.5 Å². The molecular formula is C20H17F2N3O2S. The van der Waals surface area contributed by atoms with Crippen molar-refractivity contribution in [2.24, 2.45) is 0 Å². The number of carbonyl (C=O) groups is 1. The number of amides is 1. The Morgan fingerprint density at radius 2 is 1.96 bits per heavy atom. The zero-order chi connectivity index (χ0) is 19.8. The molecule has 4 rings (SSSR count). The molecule has 2 aromatic carbocycles. The summed E-state index contributed by atoms with van der Waals surface area (Å²) in [6.07, 6.45) is 0. The molecule has 2 heterocycles. The number of ether oxygens (including phenoxy) is 1. The first-order valence-corrected chi connectivity index (χ1v) is 9.63. The van der Waals surface area contributed by atoms with Crippen LogP contribution in [0.4, 0.5) is 14.6 Å². The van der Waals surface area contributed by atoms with Gasteiger partial charge in [-0.3, -0.25) is 4.79 Å². The maximum atomic E-state index is 14.5. The van der Waals surface area contributed by atoms with E-state index < -0.39 is 16.9 Å². The Morgan fingerprint density at radius 1 is 1.21 bits per heavy atom. The number of fused-ring (bicyclic) bond motifs is 1. The molecule has 1 aliphatic heterocycles. The number of hydrogen-bond donors (Lipinski definition) is 1. The molecule has 0 saturated heterocycles. The van der Waals surface area contributed by atoms with E-state index in [1.807, 2.05) is 19.1 Å². The van der Waals surface area contributed by atoms with Crippen LogP contribution in [0.25, 0.3) is 5.69 Å². The van der Waals surface area contributed by atoms with Crippen LogP contribution >= 0.6 is 11.8 Å². The van der Waals surface area contributed by atoms with Gasteiger partial charge in [0.25, 0.3) is 0 Å². The molecule has 0 unspecified atom stereocenters. The number of carbonyl (C=O) groups excluding carboxylic acids is 1. The second-order valence-electron chi connectivity index (χ2n) is 6.36. The quantitative estimate of drug-likeness (QED) is 0.713. The number of benzene rings is 2. The van der Waals surface area contributed by atoms with Crippen LogP contribution in [-0.4, -0.2) is 28.6 Å². The van der Waals surface area contributed by atoms with Gasteiger partial charge in [-0.15, -0.1) is 11.8 Å². The van der Waals surface area contributed by atoms with E-state index in [1.54, 1.807) is 23.9 Å². The Labute approximate surface area is 164 Å². The number of aryl methyl sites for hydroxylation is 1. The molecule has 1 N–H and O–H groups in total. The van der Waals surface area contributed by atoms with Gasteiger partial charge in [0.1, 0.15) is 23.2 Å². The monoisotopic (exact) mass is 401 g/mol. The van der Waals surface area contributed by atoms with Crippen molar-refractivity contribution in [3.63, 3.8) is 0 Å².